The van der Waals surface area contributed by atoms with Gasteiger partial charge in [0.1, 0.15) is 12.1 Å². The van der Waals surface area contributed by atoms with Gasteiger partial charge in [-0.05, 0) is 12.8 Å². The summed E-state index contributed by atoms with van der Waals surface area (Å²) in [4.78, 5) is 122. The van der Waals surface area contributed by atoms with E-state index in [-0.39, 0.29) is 78.0 Å². The molecule has 330 valence electrons. The fourth-order valence-corrected chi connectivity index (χ4v) is 5.91. The van der Waals surface area contributed by atoms with Crippen molar-refractivity contribution in [1.82, 2.24) is 29.4 Å². The molecule has 0 aliphatic carbocycles. The van der Waals surface area contributed by atoms with E-state index in [4.69, 9.17) is 0 Å². The van der Waals surface area contributed by atoms with Crippen molar-refractivity contribution in [2.24, 2.45) is 0 Å². The van der Waals surface area contributed by atoms with E-state index in [1.54, 1.807) is 0 Å². The third kappa shape index (κ3) is 25.6. The Labute approximate surface area is 330 Å². The van der Waals surface area contributed by atoms with E-state index in [2.05, 4.69) is 0 Å². The van der Waals surface area contributed by atoms with Crippen LogP contribution in [0.2, 0.25) is 0 Å². The van der Waals surface area contributed by atoms with Gasteiger partial charge in [0.05, 0.1) is 52.4 Å². The number of hydrogen-bond acceptors (Lipinski definition) is 16. The van der Waals surface area contributed by atoms with E-state index in [0.29, 0.717) is 0 Å². The molecule has 26 heteroatoms. The van der Waals surface area contributed by atoms with E-state index in [1.165, 1.54) is 9.80 Å². The lowest BCUT2D eigenvalue weighted by atomic mass is 10.0. The Balaban J connectivity index is 6.37. The summed E-state index contributed by atoms with van der Waals surface area (Å²) in [6.07, 6.45) is -0.399. The molecule has 0 aromatic rings. The molecule has 0 aliphatic rings. The SMILES string of the molecule is O=C(O)CN(CCN(CCN(CC(=O)O)CC(=O)O)C(CCCCC(C(=O)O)N(CCN(CC(=O)O)CC(=O)O)CCN(CC(=O)O)CC(=O)O)C(=O)O)CC(=O)O. The first kappa shape index (κ1) is 52.5. The fraction of sp³-hybridized carbons (Fsp3) is 0.688. The van der Waals surface area contributed by atoms with Crippen LogP contribution in [0.4, 0.5) is 0 Å². The Morgan fingerprint density at radius 1 is 0.293 bits per heavy atom. The average Bonchev–Trinajstić information content (AvgIpc) is 3.04. The number of hydrogen-bond donors (Lipinski definition) is 10. The first-order chi connectivity index (χ1) is 27.0. The lowest BCUT2D eigenvalue weighted by Gasteiger charge is -2.33. The second kappa shape index (κ2) is 28.0. The van der Waals surface area contributed by atoms with Crippen molar-refractivity contribution in [2.45, 2.75) is 37.8 Å². The second-order valence-corrected chi connectivity index (χ2v) is 13.1. The van der Waals surface area contributed by atoms with E-state index in [9.17, 15) is 99.0 Å². The summed E-state index contributed by atoms with van der Waals surface area (Å²) >= 11 is 0. The predicted molar refractivity (Wildman–Crippen MR) is 191 cm³/mol. The van der Waals surface area contributed by atoms with Gasteiger partial charge in [-0.3, -0.25) is 77.3 Å². The molecule has 0 fully saturated rings. The van der Waals surface area contributed by atoms with Crippen molar-refractivity contribution in [3.63, 3.8) is 0 Å². The maximum Gasteiger partial charge on any atom is 0.320 e. The van der Waals surface area contributed by atoms with Crippen molar-refractivity contribution in [2.75, 3.05) is 105 Å². The minimum absolute atomic E-state index is 0.00132. The van der Waals surface area contributed by atoms with Crippen molar-refractivity contribution in [1.29, 1.82) is 0 Å². The summed E-state index contributed by atoms with van der Waals surface area (Å²) in [5, 5.41) is 94.2. The van der Waals surface area contributed by atoms with Gasteiger partial charge in [-0.15, -0.1) is 0 Å². The molecule has 0 heterocycles. The summed E-state index contributed by atoms with van der Waals surface area (Å²) in [7, 11) is 0. The highest BCUT2D eigenvalue weighted by Crippen LogP contribution is 2.16. The van der Waals surface area contributed by atoms with Gasteiger partial charge in [0.25, 0.3) is 0 Å². The van der Waals surface area contributed by atoms with Gasteiger partial charge in [-0.25, -0.2) is 0 Å². The van der Waals surface area contributed by atoms with E-state index in [0.717, 1.165) is 19.6 Å². The Kier molecular flexibility index (Phi) is 25.3. The van der Waals surface area contributed by atoms with Gasteiger partial charge < -0.3 is 51.1 Å². The molecule has 0 amide bonds. The Hall–Kier alpha value is -5.54. The molecular formula is C32H52N6O20. The van der Waals surface area contributed by atoms with Crippen LogP contribution >= 0.6 is 0 Å². The topological polar surface area (TPSA) is 392 Å². The zero-order valence-electron chi connectivity index (χ0n) is 31.5. The van der Waals surface area contributed by atoms with Crippen LogP contribution in [-0.2, 0) is 47.9 Å². The number of nitrogens with zero attached hydrogens (tertiary/aromatic N) is 6. The Bertz CT molecular complexity index is 1180. The third-order valence-electron chi connectivity index (χ3n) is 8.34. The van der Waals surface area contributed by atoms with Crippen LogP contribution in [0.5, 0.6) is 0 Å². The Morgan fingerprint density at radius 2 is 0.466 bits per heavy atom. The first-order valence-corrected chi connectivity index (χ1v) is 17.6. The van der Waals surface area contributed by atoms with Gasteiger partial charge >= 0.3 is 59.7 Å². The number of rotatable bonds is 37. The standard InChI is InChI=1S/C32H52N6O20/c39-23(40)13-33(14-24(41)42)5-9-37(10-6-34(15-25(43)44)16-26(45)46)21(31(55)56)3-1-2-4-22(32(57)58)38(11-7-35(17-27(47)48)18-28(49)50)12-8-36(19-29(51)52)20-30(53)54/h21-22H,1-20H2,(H,39,40)(H,41,42)(H,43,44)(H,45,46)(H,47,48)(H,49,50)(H,51,52)(H,53,54)(H,55,56)(H,57,58). The summed E-state index contributed by atoms with van der Waals surface area (Å²) in [5.41, 5.74) is 0. The molecule has 2 atom stereocenters. The Morgan fingerprint density at radius 3 is 0.603 bits per heavy atom. The fourth-order valence-electron chi connectivity index (χ4n) is 5.91. The van der Waals surface area contributed by atoms with Crippen LogP contribution in [-0.4, -0.2) is 257 Å². The number of carboxylic acids is 10. The molecule has 0 aliphatic heterocycles. The highest BCUT2D eigenvalue weighted by molar-refractivity contribution is 5.75. The number of carboxylic acid groups (broad SMARTS) is 10. The zero-order chi connectivity index (χ0) is 44.5. The zero-order valence-corrected chi connectivity index (χ0v) is 31.5. The molecule has 0 bridgehead atoms. The monoisotopic (exact) mass is 840 g/mol. The van der Waals surface area contributed by atoms with Crippen molar-refractivity contribution in [3.05, 3.63) is 0 Å². The van der Waals surface area contributed by atoms with Gasteiger partial charge in [-0.2, -0.15) is 0 Å². The molecule has 26 nitrogen and oxygen atoms in total. The highest BCUT2D eigenvalue weighted by Gasteiger charge is 2.30. The van der Waals surface area contributed by atoms with Crippen LogP contribution in [0.1, 0.15) is 25.7 Å². The quantitative estimate of drug-likeness (QED) is 0.0266. The molecule has 0 radical (unpaired) electrons. The minimum atomic E-state index is -1.42. The smallest absolute Gasteiger partial charge is 0.320 e. The summed E-state index contributed by atoms with van der Waals surface area (Å²) in [6, 6.07) is -2.82. The van der Waals surface area contributed by atoms with Crippen LogP contribution in [0.25, 0.3) is 0 Å². The predicted octanol–water partition coefficient (Wildman–Crippen LogP) is -4.06. The molecule has 10 N–H and O–H groups in total. The van der Waals surface area contributed by atoms with E-state index < -0.39 is 124 Å². The molecule has 0 rings (SSSR count). The van der Waals surface area contributed by atoms with Gasteiger partial charge in [0, 0.05) is 52.4 Å². The maximum atomic E-state index is 12.6. The summed E-state index contributed by atoms with van der Waals surface area (Å²) in [5.74, 6) is -13.9. The van der Waals surface area contributed by atoms with Crippen LogP contribution in [0, 0.1) is 0 Å². The summed E-state index contributed by atoms with van der Waals surface area (Å²) < 4.78 is 0. The van der Waals surface area contributed by atoms with E-state index >= 15 is 0 Å². The first-order valence-electron chi connectivity index (χ1n) is 17.6. The molecular weight excluding hydrogens is 788 g/mol. The van der Waals surface area contributed by atoms with E-state index in [1.807, 2.05) is 0 Å². The van der Waals surface area contributed by atoms with Crippen molar-refractivity contribution >= 4 is 59.7 Å². The third-order valence-corrected chi connectivity index (χ3v) is 8.34. The van der Waals surface area contributed by atoms with Crippen LogP contribution in [0.3, 0.4) is 0 Å². The molecule has 0 aromatic carbocycles. The average molecular weight is 841 g/mol. The van der Waals surface area contributed by atoms with Crippen molar-refractivity contribution < 1.29 is 99.0 Å². The number of aliphatic carboxylic acids is 10. The lowest BCUT2D eigenvalue weighted by molar-refractivity contribution is -0.146. The minimum Gasteiger partial charge on any atom is -0.480 e. The molecule has 0 saturated carbocycles. The number of carbonyl (C=O) groups is 10. The van der Waals surface area contributed by atoms with Gasteiger partial charge in [-0.1, -0.05) is 12.8 Å². The van der Waals surface area contributed by atoms with Gasteiger partial charge in [0.15, 0.2) is 0 Å². The number of unbranched alkanes of at least 4 members (excludes halogenated alkanes) is 1. The molecule has 0 saturated heterocycles. The molecule has 2 unspecified atom stereocenters. The van der Waals surface area contributed by atoms with Crippen LogP contribution < -0.4 is 0 Å². The second-order valence-electron chi connectivity index (χ2n) is 13.1. The summed E-state index contributed by atoms with van der Waals surface area (Å²) in [6.45, 7) is -8.13. The van der Waals surface area contributed by atoms with Gasteiger partial charge in [0.2, 0.25) is 0 Å². The lowest BCUT2D eigenvalue weighted by Crippen LogP contribution is -2.50. The van der Waals surface area contributed by atoms with Crippen LogP contribution in [0.15, 0.2) is 0 Å². The normalized spacial score (nSPS) is 12.6. The van der Waals surface area contributed by atoms with Crippen molar-refractivity contribution in [3.8, 4) is 0 Å². The highest BCUT2D eigenvalue weighted by atomic mass is 16.4. The largest absolute Gasteiger partial charge is 0.480 e. The maximum absolute atomic E-state index is 12.6. The molecule has 0 spiro atoms. The molecule has 58 heavy (non-hydrogen) atoms. The molecule has 0 aromatic heterocycles.